The normalized spacial score (nSPS) is 16.4. The number of unbranched alkanes of at least 4 members (excludes halogenated alkanes) is 1. The summed E-state index contributed by atoms with van der Waals surface area (Å²) in [5.41, 5.74) is 5.69. The van der Waals surface area contributed by atoms with Gasteiger partial charge in [-0.1, -0.05) is 19.8 Å². The molecule has 0 amide bonds. The molecule has 0 aromatic heterocycles. The summed E-state index contributed by atoms with van der Waals surface area (Å²) in [6.07, 6.45) is 3.05. The van der Waals surface area contributed by atoms with Crippen LogP contribution >= 0.6 is 0 Å². The van der Waals surface area contributed by atoms with Crippen LogP contribution < -0.4 is 11.1 Å². The number of aliphatic hydroxyl groups is 1. The molecule has 0 aromatic carbocycles. The molecule has 68 valence electrons. The van der Waals surface area contributed by atoms with Gasteiger partial charge in [0, 0.05) is 6.54 Å². The lowest BCUT2D eigenvalue weighted by Crippen LogP contribution is -2.40. The molecule has 2 unspecified atom stereocenters. The van der Waals surface area contributed by atoms with Gasteiger partial charge in [0.15, 0.2) is 0 Å². The van der Waals surface area contributed by atoms with Gasteiger partial charge in [-0.25, -0.2) is 0 Å². The molecule has 0 fully saturated rings. The van der Waals surface area contributed by atoms with Crippen molar-refractivity contribution in [3.05, 3.63) is 0 Å². The van der Waals surface area contributed by atoms with Gasteiger partial charge in [0.2, 0.25) is 0 Å². The summed E-state index contributed by atoms with van der Waals surface area (Å²) >= 11 is 0. The van der Waals surface area contributed by atoms with Crippen molar-refractivity contribution in [3.63, 3.8) is 0 Å². The molecule has 11 heavy (non-hydrogen) atoms. The molecule has 3 nitrogen and oxygen atoms in total. The first-order chi connectivity index (χ1) is 5.16. The second-order valence-electron chi connectivity index (χ2n) is 3.01. The molecular weight excluding hydrogens is 140 g/mol. The summed E-state index contributed by atoms with van der Waals surface area (Å²) in [6, 6.07) is 0. The van der Waals surface area contributed by atoms with Crippen LogP contribution in [0.15, 0.2) is 0 Å². The maximum Gasteiger partial charge on any atom is 0.0637 e. The Balaban J connectivity index is 3.15. The fraction of sp³-hybridized carbons (Fsp3) is 1.00. The zero-order valence-corrected chi connectivity index (χ0v) is 7.51. The Bertz CT molecular complexity index is 86.2. The molecule has 2 atom stereocenters. The van der Waals surface area contributed by atoms with Gasteiger partial charge in [-0.15, -0.1) is 0 Å². The molecule has 0 saturated carbocycles. The molecule has 0 radical (unpaired) electrons. The van der Waals surface area contributed by atoms with E-state index in [1.54, 1.807) is 6.92 Å². The van der Waals surface area contributed by atoms with Crippen LogP contribution in [0.2, 0.25) is 0 Å². The highest BCUT2D eigenvalue weighted by Crippen LogP contribution is 1.95. The number of hydrogen-bond donors (Lipinski definition) is 3. The van der Waals surface area contributed by atoms with E-state index in [2.05, 4.69) is 12.2 Å². The average molecular weight is 160 g/mol. The average Bonchev–Trinajstić information content (AvgIpc) is 1.97. The van der Waals surface area contributed by atoms with Crippen molar-refractivity contribution in [2.75, 3.05) is 6.54 Å². The lowest BCUT2D eigenvalue weighted by molar-refractivity contribution is 0.185. The first-order valence-electron chi connectivity index (χ1n) is 4.33. The summed E-state index contributed by atoms with van der Waals surface area (Å²) in [5, 5.41) is 12.0. The van der Waals surface area contributed by atoms with E-state index in [9.17, 15) is 0 Å². The molecule has 0 aliphatic carbocycles. The third-order valence-corrected chi connectivity index (χ3v) is 1.54. The molecule has 0 aliphatic rings. The van der Waals surface area contributed by atoms with E-state index < -0.39 is 0 Å². The van der Waals surface area contributed by atoms with Gasteiger partial charge < -0.3 is 10.8 Å². The van der Waals surface area contributed by atoms with Crippen molar-refractivity contribution in [2.45, 2.75) is 45.4 Å². The molecule has 4 N–H and O–H groups in total. The van der Waals surface area contributed by atoms with Gasteiger partial charge in [-0.2, -0.15) is 0 Å². The van der Waals surface area contributed by atoms with E-state index in [-0.39, 0.29) is 12.3 Å². The van der Waals surface area contributed by atoms with Gasteiger partial charge in [0.05, 0.1) is 12.3 Å². The van der Waals surface area contributed by atoms with E-state index >= 15 is 0 Å². The van der Waals surface area contributed by atoms with Crippen LogP contribution in [0, 0.1) is 0 Å². The van der Waals surface area contributed by atoms with Crippen LogP contribution in [0.1, 0.15) is 33.1 Å². The van der Waals surface area contributed by atoms with Crippen LogP contribution in [0.25, 0.3) is 0 Å². The van der Waals surface area contributed by atoms with Gasteiger partial charge in [0.1, 0.15) is 0 Å². The topological polar surface area (TPSA) is 58.3 Å². The lowest BCUT2D eigenvalue weighted by Gasteiger charge is -2.14. The highest BCUT2D eigenvalue weighted by atomic mass is 16.3. The molecule has 0 saturated heterocycles. The third kappa shape index (κ3) is 7.78. The maximum atomic E-state index is 8.91. The van der Waals surface area contributed by atoms with Crippen molar-refractivity contribution < 1.29 is 5.11 Å². The van der Waals surface area contributed by atoms with E-state index in [1.807, 2.05) is 0 Å². The number of nitrogens with one attached hydrogen (secondary N) is 1. The van der Waals surface area contributed by atoms with E-state index in [0.29, 0.717) is 6.54 Å². The van der Waals surface area contributed by atoms with E-state index in [4.69, 9.17) is 10.8 Å². The van der Waals surface area contributed by atoms with Gasteiger partial charge in [-0.3, -0.25) is 5.32 Å². The first kappa shape index (κ1) is 10.9. The zero-order valence-electron chi connectivity index (χ0n) is 7.51. The largest absolute Gasteiger partial charge is 0.392 e. The summed E-state index contributed by atoms with van der Waals surface area (Å²) in [7, 11) is 0. The summed E-state index contributed by atoms with van der Waals surface area (Å²) in [4.78, 5) is 0. The highest BCUT2D eigenvalue weighted by molar-refractivity contribution is 4.60. The molecule has 0 aromatic rings. The highest BCUT2D eigenvalue weighted by Gasteiger charge is 2.01. The Kier molecular flexibility index (Phi) is 6.51. The van der Waals surface area contributed by atoms with Crippen molar-refractivity contribution >= 4 is 0 Å². The fourth-order valence-corrected chi connectivity index (χ4v) is 0.848. The molecule has 0 bridgehead atoms. The molecule has 0 rings (SSSR count). The SMILES string of the molecule is CCCCC(N)NCC(C)O. The van der Waals surface area contributed by atoms with E-state index in [1.165, 1.54) is 6.42 Å². The molecule has 0 heterocycles. The minimum absolute atomic E-state index is 0.0459. The monoisotopic (exact) mass is 160 g/mol. The standard InChI is InChI=1S/C8H20N2O/c1-3-4-5-8(9)10-6-7(2)11/h7-8,10-11H,3-6,9H2,1-2H3. The molecule has 3 heteroatoms. The zero-order chi connectivity index (χ0) is 8.69. The first-order valence-corrected chi connectivity index (χ1v) is 4.33. The predicted octanol–water partition coefficient (Wildman–Crippen LogP) is 0.432. The number of aliphatic hydroxyl groups excluding tert-OH is 1. The quantitative estimate of drug-likeness (QED) is 0.494. The summed E-state index contributed by atoms with van der Waals surface area (Å²) in [5.74, 6) is 0. The van der Waals surface area contributed by atoms with Crippen LogP contribution in [0.4, 0.5) is 0 Å². The summed E-state index contributed by atoms with van der Waals surface area (Å²) < 4.78 is 0. The second kappa shape index (κ2) is 6.58. The minimum atomic E-state index is -0.303. The van der Waals surface area contributed by atoms with E-state index in [0.717, 1.165) is 12.8 Å². The van der Waals surface area contributed by atoms with Gasteiger partial charge in [0.25, 0.3) is 0 Å². The Hall–Kier alpha value is -0.120. The Morgan fingerprint density at radius 2 is 2.18 bits per heavy atom. The fourth-order valence-electron chi connectivity index (χ4n) is 0.848. The Morgan fingerprint density at radius 3 is 2.64 bits per heavy atom. The molecule has 0 spiro atoms. The van der Waals surface area contributed by atoms with Gasteiger partial charge in [-0.05, 0) is 13.3 Å². The van der Waals surface area contributed by atoms with Crippen LogP contribution in [-0.2, 0) is 0 Å². The van der Waals surface area contributed by atoms with Crippen LogP contribution in [0.5, 0.6) is 0 Å². The number of rotatable bonds is 6. The van der Waals surface area contributed by atoms with Crippen molar-refractivity contribution in [3.8, 4) is 0 Å². The van der Waals surface area contributed by atoms with Crippen LogP contribution in [0.3, 0.4) is 0 Å². The number of nitrogens with two attached hydrogens (primary N) is 1. The molecular formula is C8H20N2O. The van der Waals surface area contributed by atoms with Crippen LogP contribution in [-0.4, -0.2) is 23.9 Å². The van der Waals surface area contributed by atoms with Crippen molar-refractivity contribution in [2.24, 2.45) is 5.73 Å². The smallest absolute Gasteiger partial charge is 0.0637 e. The summed E-state index contributed by atoms with van der Waals surface area (Å²) in [6.45, 7) is 4.48. The van der Waals surface area contributed by atoms with Crippen molar-refractivity contribution in [1.82, 2.24) is 5.32 Å². The molecule has 0 aliphatic heterocycles. The number of hydrogen-bond acceptors (Lipinski definition) is 3. The maximum absolute atomic E-state index is 8.91. The minimum Gasteiger partial charge on any atom is -0.392 e. The third-order valence-electron chi connectivity index (χ3n) is 1.54. The second-order valence-corrected chi connectivity index (χ2v) is 3.01. The van der Waals surface area contributed by atoms with Gasteiger partial charge >= 0.3 is 0 Å². The Labute approximate surface area is 69.0 Å². The van der Waals surface area contributed by atoms with Crippen molar-refractivity contribution in [1.29, 1.82) is 0 Å². The lowest BCUT2D eigenvalue weighted by atomic mass is 10.2. The predicted molar refractivity (Wildman–Crippen MR) is 47.2 cm³/mol. The Morgan fingerprint density at radius 1 is 1.55 bits per heavy atom.